The van der Waals surface area contributed by atoms with Crippen molar-refractivity contribution in [2.75, 3.05) is 19.0 Å². The van der Waals surface area contributed by atoms with Gasteiger partial charge in [-0.2, -0.15) is 0 Å². The zero-order chi connectivity index (χ0) is 25.6. The highest BCUT2D eigenvalue weighted by molar-refractivity contribution is 7.89. The smallest absolute Gasteiger partial charge is 0.262 e. The van der Waals surface area contributed by atoms with Crippen LogP contribution in [-0.2, 0) is 24.8 Å². The van der Waals surface area contributed by atoms with Gasteiger partial charge in [0.25, 0.3) is 5.91 Å². The number of benzene rings is 3. The minimum absolute atomic E-state index is 0.0220. The third-order valence-electron chi connectivity index (χ3n) is 5.20. The molecule has 0 aliphatic rings. The van der Waals surface area contributed by atoms with E-state index in [1.807, 2.05) is 30.3 Å². The highest BCUT2D eigenvalue weighted by Crippen LogP contribution is 2.21. The predicted molar refractivity (Wildman–Crippen MR) is 133 cm³/mol. The van der Waals surface area contributed by atoms with Crippen molar-refractivity contribution in [3.63, 3.8) is 0 Å². The molecular weight excluding hydrogens is 490 g/mol. The Labute approximate surface area is 205 Å². The molecule has 3 aromatic rings. The molecule has 0 aliphatic heterocycles. The summed E-state index contributed by atoms with van der Waals surface area (Å²) in [5.74, 6) is -0.194. The minimum Gasteiger partial charge on any atom is -0.484 e. The van der Waals surface area contributed by atoms with Gasteiger partial charge in [0, 0.05) is 11.7 Å². The Morgan fingerprint density at radius 2 is 1.51 bits per heavy atom. The average Bonchev–Trinajstić information content (AvgIpc) is 2.84. The highest BCUT2D eigenvalue weighted by atomic mass is 32.2. The molecule has 3 N–H and O–H groups in total. The number of ether oxygens (including phenoxy) is 1. The lowest BCUT2D eigenvalue weighted by atomic mass is 10.1. The second kappa shape index (κ2) is 11.0. The standard InChI is InChI=1S/C24H27N3O6S2/c1-17-9-12-22(34(29,30)25-3)15-23(17)26-24(28)16-33-20-10-13-21(14-11-20)35(31,32)27-18(2)19-7-5-4-6-8-19/h4-15,18,25,27H,16H2,1-3H3,(H,26,28)/t18-/m0/s1. The maximum atomic E-state index is 12.7. The Morgan fingerprint density at radius 3 is 2.14 bits per heavy atom. The molecule has 0 saturated heterocycles. The Balaban J connectivity index is 1.60. The van der Waals surface area contributed by atoms with E-state index in [-0.39, 0.29) is 16.4 Å². The van der Waals surface area contributed by atoms with E-state index in [9.17, 15) is 21.6 Å². The molecule has 0 fully saturated rings. The van der Waals surface area contributed by atoms with Crippen LogP contribution in [0.3, 0.4) is 0 Å². The van der Waals surface area contributed by atoms with Gasteiger partial charge in [-0.15, -0.1) is 0 Å². The first-order chi connectivity index (χ1) is 16.5. The number of aryl methyl sites for hydroxylation is 1. The maximum Gasteiger partial charge on any atom is 0.262 e. The van der Waals surface area contributed by atoms with Crippen LogP contribution >= 0.6 is 0 Å². The summed E-state index contributed by atoms with van der Waals surface area (Å²) in [6, 6.07) is 18.9. The van der Waals surface area contributed by atoms with E-state index in [4.69, 9.17) is 4.74 Å². The number of hydrogen-bond donors (Lipinski definition) is 3. The van der Waals surface area contributed by atoms with E-state index in [1.54, 1.807) is 19.9 Å². The number of nitrogens with one attached hydrogen (secondary N) is 3. The molecule has 9 nitrogen and oxygen atoms in total. The molecule has 0 unspecified atom stereocenters. The molecular formula is C24H27N3O6S2. The van der Waals surface area contributed by atoms with Crippen LogP contribution in [0.2, 0.25) is 0 Å². The fourth-order valence-electron chi connectivity index (χ4n) is 3.18. The fourth-order valence-corrected chi connectivity index (χ4v) is 5.17. The summed E-state index contributed by atoms with van der Waals surface area (Å²) >= 11 is 0. The SMILES string of the molecule is CNS(=O)(=O)c1ccc(C)c(NC(=O)COc2ccc(S(=O)(=O)N[C@@H](C)c3ccccc3)cc2)c1. The Hall–Kier alpha value is -3.25. The molecule has 0 bridgehead atoms. The fraction of sp³-hybridized carbons (Fsp3) is 0.208. The van der Waals surface area contributed by atoms with Crippen molar-refractivity contribution in [1.29, 1.82) is 0 Å². The van der Waals surface area contributed by atoms with Crippen molar-refractivity contribution >= 4 is 31.6 Å². The summed E-state index contributed by atoms with van der Waals surface area (Å²) in [7, 11) is -6.11. The van der Waals surface area contributed by atoms with E-state index in [1.165, 1.54) is 43.4 Å². The van der Waals surface area contributed by atoms with Crippen LogP contribution in [0.4, 0.5) is 5.69 Å². The van der Waals surface area contributed by atoms with Gasteiger partial charge in [0.05, 0.1) is 9.79 Å². The molecule has 1 amide bonds. The van der Waals surface area contributed by atoms with Gasteiger partial charge < -0.3 is 10.1 Å². The van der Waals surface area contributed by atoms with E-state index >= 15 is 0 Å². The normalized spacial score (nSPS) is 12.7. The summed E-state index contributed by atoms with van der Waals surface area (Å²) in [6.45, 7) is 3.14. The Kier molecular flexibility index (Phi) is 8.28. The minimum atomic E-state index is -3.76. The zero-order valence-electron chi connectivity index (χ0n) is 19.5. The van der Waals surface area contributed by atoms with Crippen molar-refractivity contribution in [1.82, 2.24) is 9.44 Å². The number of carbonyl (C=O) groups excluding carboxylic acids is 1. The van der Waals surface area contributed by atoms with Crippen LogP contribution < -0.4 is 19.5 Å². The van der Waals surface area contributed by atoms with Gasteiger partial charge in [-0.3, -0.25) is 4.79 Å². The first-order valence-electron chi connectivity index (χ1n) is 10.7. The summed E-state index contributed by atoms with van der Waals surface area (Å²) in [6.07, 6.45) is 0. The second-order valence-corrected chi connectivity index (χ2v) is 11.3. The van der Waals surface area contributed by atoms with Crippen LogP contribution in [-0.4, -0.2) is 36.4 Å². The Morgan fingerprint density at radius 1 is 0.886 bits per heavy atom. The highest BCUT2D eigenvalue weighted by Gasteiger charge is 2.19. The summed E-state index contributed by atoms with van der Waals surface area (Å²) in [5.41, 5.74) is 1.86. The molecule has 11 heteroatoms. The molecule has 0 aromatic heterocycles. The number of hydrogen-bond acceptors (Lipinski definition) is 6. The summed E-state index contributed by atoms with van der Waals surface area (Å²) < 4.78 is 59.7. The van der Waals surface area contributed by atoms with Gasteiger partial charge in [-0.05, 0) is 68.4 Å². The molecule has 3 aromatic carbocycles. The van der Waals surface area contributed by atoms with Crippen LogP contribution in [0, 0.1) is 6.92 Å². The molecule has 1 atom stereocenters. The monoisotopic (exact) mass is 517 g/mol. The van der Waals surface area contributed by atoms with Crippen molar-refractivity contribution in [3.05, 3.63) is 83.9 Å². The van der Waals surface area contributed by atoms with E-state index in [0.717, 1.165) is 5.56 Å². The van der Waals surface area contributed by atoms with Gasteiger partial charge in [0.1, 0.15) is 5.75 Å². The van der Waals surface area contributed by atoms with Crippen molar-refractivity contribution < 1.29 is 26.4 Å². The van der Waals surface area contributed by atoms with E-state index in [0.29, 0.717) is 17.0 Å². The van der Waals surface area contributed by atoms with Gasteiger partial charge in [0.2, 0.25) is 20.0 Å². The topological polar surface area (TPSA) is 131 Å². The van der Waals surface area contributed by atoms with Crippen molar-refractivity contribution in [2.24, 2.45) is 0 Å². The second-order valence-electron chi connectivity index (χ2n) is 7.75. The number of anilines is 1. The van der Waals surface area contributed by atoms with Crippen molar-refractivity contribution in [2.45, 2.75) is 29.7 Å². The van der Waals surface area contributed by atoms with Crippen LogP contribution in [0.15, 0.2) is 82.6 Å². The summed E-state index contributed by atoms with van der Waals surface area (Å²) in [5, 5.41) is 2.63. The molecule has 0 radical (unpaired) electrons. The molecule has 3 rings (SSSR count). The van der Waals surface area contributed by atoms with Crippen LogP contribution in [0.5, 0.6) is 5.75 Å². The summed E-state index contributed by atoms with van der Waals surface area (Å²) in [4.78, 5) is 12.4. The molecule has 186 valence electrons. The first kappa shape index (κ1) is 26.4. The first-order valence-corrected chi connectivity index (χ1v) is 13.6. The lowest BCUT2D eigenvalue weighted by Gasteiger charge is -2.15. The third-order valence-corrected chi connectivity index (χ3v) is 8.17. The van der Waals surface area contributed by atoms with Crippen LogP contribution in [0.1, 0.15) is 24.1 Å². The number of amides is 1. The van der Waals surface area contributed by atoms with E-state index < -0.39 is 32.0 Å². The van der Waals surface area contributed by atoms with Gasteiger partial charge in [0.15, 0.2) is 6.61 Å². The quantitative estimate of drug-likeness (QED) is 0.379. The largest absolute Gasteiger partial charge is 0.484 e. The molecule has 0 saturated carbocycles. The average molecular weight is 518 g/mol. The Bertz CT molecular complexity index is 1390. The predicted octanol–water partition coefficient (Wildman–Crippen LogP) is 2.96. The lowest BCUT2D eigenvalue weighted by Crippen LogP contribution is -2.26. The maximum absolute atomic E-state index is 12.7. The van der Waals surface area contributed by atoms with Gasteiger partial charge in [-0.1, -0.05) is 36.4 Å². The van der Waals surface area contributed by atoms with E-state index in [2.05, 4.69) is 14.8 Å². The van der Waals surface area contributed by atoms with Crippen molar-refractivity contribution in [3.8, 4) is 5.75 Å². The number of rotatable bonds is 10. The molecule has 0 aliphatic carbocycles. The number of carbonyl (C=O) groups is 1. The molecule has 0 spiro atoms. The van der Waals surface area contributed by atoms with Gasteiger partial charge >= 0.3 is 0 Å². The molecule has 35 heavy (non-hydrogen) atoms. The van der Waals surface area contributed by atoms with Crippen LogP contribution in [0.25, 0.3) is 0 Å². The third kappa shape index (κ3) is 6.89. The van der Waals surface area contributed by atoms with Gasteiger partial charge in [-0.25, -0.2) is 26.3 Å². The number of sulfonamides is 2. The lowest BCUT2D eigenvalue weighted by molar-refractivity contribution is -0.118. The molecule has 0 heterocycles. The zero-order valence-corrected chi connectivity index (χ0v) is 21.1.